The number of hydrogen-bond acceptors (Lipinski definition) is 3. The molecule has 0 aliphatic heterocycles. The summed E-state index contributed by atoms with van der Waals surface area (Å²) >= 11 is 0. The molecule has 3 aromatic carbocycles. The number of ether oxygens (including phenoxy) is 1. The van der Waals surface area contributed by atoms with Gasteiger partial charge in [-0.25, -0.2) is 0 Å². The van der Waals surface area contributed by atoms with Crippen LogP contribution in [0.25, 0.3) is 10.8 Å². The predicted molar refractivity (Wildman–Crippen MR) is 90.5 cm³/mol. The summed E-state index contributed by atoms with van der Waals surface area (Å²) in [4.78, 5) is 12.2. The Hall–Kier alpha value is -2.85. The maximum absolute atomic E-state index is 12.2. The zero-order valence-electron chi connectivity index (χ0n) is 12.7. The molecule has 4 nitrogen and oxygen atoms in total. The van der Waals surface area contributed by atoms with Gasteiger partial charge in [0.1, 0.15) is 5.75 Å². The molecule has 116 valence electrons. The van der Waals surface area contributed by atoms with Crippen molar-refractivity contribution in [2.45, 2.75) is 6.10 Å². The summed E-state index contributed by atoms with van der Waals surface area (Å²) in [6.45, 7) is 0. The van der Waals surface area contributed by atoms with Crippen molar-refractivity contribution in [3.63, 3.8) is 0 Å². The van der Waals surface area contributed by atoms with Gasteiger partial charge in [0.15, 0.2) is 6.10 Å². The second-order valence-electron chi connectivity index (χ2n) is 5.23. The molecule has 0 radical (unpaired) electrons. The summed E-state index contributed by atoms with van der Waals surface area (Å²) < 4.78 is 5.11. The zero-order valence-corrected chi connectivity index (χ0v) is 12.7. The molecule has 1 amide bonds. The Morgan fingerprint density at radius 3 is 2.57 bits per heavy atom. The Kier molecular flexibility index (Phi) is 4.26. The SMILES string of the molecule is COc1cccc(C(O)C(=O)Nc2ccc3ccccc3c2)c1. The molecule has 0 saturated heterocycles. The van der Waals surface area contributed by atoms with Crippen LogP contribution in [0.3, 0.4) is 0 Å². The van der Waals surface area contributed by atoms with E-state index in [0.717, 1.165) is 10.8 Å². The van der Waals surface area contributed by atoms with Gasteiger partial charge in [-0.2, -0.15) is 0 Å². The second kappa shape index (κ2) is 6.50. The number of carbonyl (C=O) groups excluding carboxylic acids is 1. The van der Waals surface area contributed by atoms with Crippen LogP contribution >= 0.6 is 0 Å². The summed E-state index contributed by atoms with van der Waals surface area (Å²) in [6.07, 6.45) is -1.25. The normalized spacial score (nSPS) is 11.9. The molecule has 0 heterocycles. The first-order valence-electron chi connectivity index (χ1n) is 7.29. The van der Waals surface area contributed by atoms with E-state index in [2.05, 4.69) is 5.32 Å². The van der Waals surface area contributed by atoms with Gasteiger partial charge in [-0.15, -0.1) is 0 Å². The third kappa shape index (κ3) is 3.33. The third-order valence-corrected chi connectivity index (χ3v) is 3.67. The second-order valence-corrected chi connectivity index (χ2v) is 5.23. The largest absolute Gasteiger partial charge is 0.497 e. The maximum Gasteiger partial charge on any atom is 0.257 e. The first-order valence-corrected chi connectivity index (χ1v) is 7.29. The van der Waals surface area contributed by atoms with Crippen LogP contribution in [0.4, 0.5) is 5.69 Å². The van der Waals surface area contributed by atoms with E-state index in [4.69, 9.17) is 4.74 Å². The van der Waals surface area contributed by atoms with E-state index in [1.165, 1.54) is 0 Å². The van der Waals surface area contributed by atoms with Crippen LogP contribution in [0.2, 0.25) is 0 Å². The number of aliphatic hydroxyl groups is 1. The molecule has 23 heavy (non-hydrogen) atoms. The average Bonchev–Trinajstić information content (AvgIpc) is 2.61. The first-order chi connectivity index (χ1) is 11.2. The Labute approximate surface area is 134 Å². The Bertz CT molecular complexity index is 845. The van der Waals surface area contributed by atoms with E-state index >= 15 is 0 Å². The van der Waals surface area contributed by atoms with Gasteiger partial charge in [0.25, 0.3) is 5.91 Å². The molecule has 0 aliphatic rings. The fourth-order valence-electron chi connectivity index (χ4n) is 2.44. The maximum atomic E-state index is 12.2. The molecule has 0 saturated carbocycles. The van der Waals surface area contributed by atoms with Gasteiger partial charge in [0.05, 0.1) is 7.11 Å². The lowest BCUT2D eigenvalue weighted by molar-refractivity contribution is -0.124. The van der Waals surface area contributed by atoms with Crippen LogP contribution < -0.4 is 10.1 Å². The van der Waals surface area contributed by atoms with E-state index < -0.39 is 12.0 Å². The van der Waals surface area contributed by atoms with Gasteiger partial charge in [-0.1, -0.05) is 42.5 Å². The van der Waals surface area contributed by atoms with Crippen LogP contribution in [0, 0.1) is 0 Å². The highest BCUT2D eigenvalue weighted by Crippen LogP contribution is 2.22. The average molecular weight is 307 g/mol. The number of carbonyl (C=O) groups is 1. The molecule has 0 spiro atoms. The van der Waals surface area contributed by atoms with E-state index in [1.54, 1.807) is 31.4 Å². The third-order valence-electron chi connectivity index (χ3n) is 3.67. The van der Waals surface area contributed by atoms with Gasteiger partial charge >= 0.3 is 0 Å². The lowest BCUT2D eigenvalue weighted by Gasteiger charge is -2.13. The van der Waals surface area contributed by atoms with Gasteiger partial charge in [-0.05, 0) is 40.6 Å². The van der Waals surface area contributed by atoms with E-state index in [9.17, 15) is 9.90 Å². The summed E-state index contributed by atoms with van der Waals surface area (Å²) in [6, 6.07) is 20.4. The lowest BCUT2D eigenvalue weighted by Crippen LogP contribution is -2.20. The van der Waals surface area contributed by atoms with Crippen LogP contribution in [-0.2, 0) is 4.79 Å². The molecule has 2 N–H and O–H groups in total. The summed E-state index contributed by atoms with van der Waals surface area (Å²) in [5.74, 6) is 0.119. The van der Waals surface area contributed by atoms with Gasteiger partial charge < -0.3 is 15.2 Å². The molecule has 4 heteroatoms. The van der Waals surface area contributed by atoms with Crippen molar-refractivity contribution in [2.75, 3.05) is 12.4 Å². The number of rotatable bonds is 4. The number of nitrogens with one attached hydrogen (secondary N) is 1. The van der Waals surface area contributed by atoms with Crippen molar-refractivity contribution in [1.82, 2.24) is 0 Å². The van der Waals surface area contributed by atoms with Crippen molar-refractivity contribution in [1.29, 1.82) is 0 Å². The quantitative estimate of drug-likeness (QED) is 0.775. The minimum atomic E-state index is -1.25. The molecular formula is C19H17NO3. The molecule has 0 aromatic heterocycles. The summed E-state index contributed by atoms with van der Waals surface area (Å²) in [5.41, 5.74) is 1.14. The van der Waals surface area contributed by atoms with Crippen molar-refractivity contribution < 1.29 is 14.6 Å². The van der Waals surface area contributed by atoms with Gasteiger partial charge in [0.2, 0.25) is 0 Å². The number of hydrogen-bond donors (Lipinski definition) is 2. The van der Waals surface area contributed by atoms with Crippen LogP contribution in [-0.4, -0.2) is 18.1 Å². The van der Waals surface area contributed by atoms with Gasteiger partial charge in [-0.3, -0.25) is 4.79 Å². The lowest BCUT2D eigenvalue weighted by atomic mass is 10.1. The highest BCUT2D eigenvalue weighted by Gasteiger charge is 2.18. The predicted octanol–water partition coefficient (Wildman–Crippen LogP) is 3.52. The van der Waals surface area contributed by atoms with Gasteiger partial charge in [0, 0.05) is 5.69 Å². The number of amides is 1. The van der Waals surface area contributed by atoms with Crippen molar-refractivity contribution in [3.05, 3.63) is 72.3 Å². The number of benzene rings is 3. The molecular weight excluding hydrogens is 290 g/mol. The standard InChI is InChI=1S/C19H17NO3/c1-23-17-8-4-7-15(12-17)18(21)19(22)20-16-10-9-13-5-2-3-6-14(13)11-16/h2-12,18,21H,1H3,(H,20,22). The molecule has 1 unspecified atom stereocenters. The number of fused-ring (bicyclic) bond motifs is 1. The molecule has 1 atom stereocenters. The van der Waals surface area contributed by atoms with E-state index in [1.807, 2.05) is 42.5 Å². The van der Waals surface area contributed by atoms with Crippen molar-refractivity contribution in [3.8, 4) is 5.75 Å². The topological polar surface area (TPSA) is 58.6 Å². The smallest absolute Gasteiger partial charge is 0.257 e. The fourth-order valence-corrected chi connectivity index (χ4v) is 2.44. The number of anilines is 1. The monoisotopic (exact) mass is 307 g/mol. The summed E-state index contributed by atoms with van der Waals surface area (Å²) in [5, 5.41) is 15.1. The molecule has 0 bridgehead atoms. The number of methoxy groups -OCH3 is 1. The Morgan fingerprint density at radius 2 is 1.78 bits per heavy atom. The molecule has 3 rings (SSSR count). The first kappa shape index (κ1) is 15.1. The molecule has 0 aliphatic carbocycles. The summed E-state index contributed by atoms with van der Waals surface area (Å²) in [7, 11) is 1.54. The Balaban J connectivity index is 1.79. The minimum Gasteiger partial charge on any atom is -0.497 e. The highest BCUT2D eigenvalue weighted by molar-refractivity contribution is 5.97. The number of aliphatic hydroxyl groups excluding tert-OH is 1. The Morgan fingerprint density at radius 1 is 1.00 bits per heavy atom. The van der Waals surface area contributed by atoms with Crippen molar-refractivity contribution >= 4 is 22.4 Å². The van der Waals surface area contributed by atoms with E-state index in [-0.39, 0.29) is 0 Å². The van der Waals surface area contributed by atoms with Crippen LogP contribution in [0.1, 0.15) is 11.7 Å². The fraction of sp³-hybridized carbons (Fsp3) is 0.105. The molecule has 0 fully saturated rings. The highest BCUT2D eigenvalue weighted by atomic mass is 16.5. The van der Waals surface area contributed by atoms with Crippen molar-refractivity contribution in [2.24, 2.45) is 0 Å². The van der Waals surface area contributed by atoms with E-state index in [0.29, 0.717) is 17.0 Å². The zero-order chi connectivity index (χ0) is 16.2. The van der Waals surface area contributed by atoms with Crippen LogP contribution in [0.5, 0.6) is 5.75 Å². The van der Waals surface area contributed by atoms with Crippen LogP contribution in [0.15, 0.2) is 66.7 Å². The molecule has 3 aromatic rings. The minimum absolute atomic E-state index is 0.478.